The zero-order chi connectivity index (χ0) is 10.0. The molecule has 0 amide bonds. The topological polar surface area (TPSA) is 47.0 Å². The molecule has 0 saturated carbocycles. The Morgan fingerprint density at radius 2 is 2.00 bits per heavy atom. The van der Waals surface area contributed by atoms with Gasteiger partial charge in [0.2, 0.25) is 0 Å². The largest absolute Gasteiger partial charge is 0.300 e. The molecule has 1 heterocycles. The maximum absolute atomic E-state index is 11.4. The molecule has 0 aliphatic carbocycles. The minimum atomic E-state index is -0.172. The summed E-state index contributed by atoms with van der Waals surface area (Å²) in [6, 6.07) is 0. The summed E-state index contributed by atoms with van der Waals surface area (Å²) in [6.45, 7) is 5.10. The van der Waals surface area contributed by atoms with Crippen LogP contribution in [0.4, 0.5) is 0 Å². The van der Waals surface area contributed by atoms with Crippen molar-refractivity contribution >= 4 is 22.9 Å². The molecule has 0 bridgehead atoms. The Morgan fingerprint density at radius 1 is 1.38 bits per heavy atom. The summed E-state index contributed by atoms with van der Waals surface area (Å²) < 4.78 is 0. The Bertz CT molecular complexity index is 354. The molecule has 4 heteroatoms. The number of rotatable bonds is 3. The van der Waals surface area contributed by atoms with Crippen LogP contribution in [0.25, 0.3) is 0 Å². The van der Waals surface area contributed by atoms with Crippen molar-refractivity contribution in [1.29, 1.82) is 0 Å². The van der Waals surface area contributed by atoms with Gasteiger partial charge >= 0.3 is 0 Å². The smallest absolute Gasteiger partial charge is 0.189 e. The lowest BCUT2D eigenvalue weighted by Gasteiger charge is -1.93. The van der Waals surface area contributed by atoms with Crippen molar-refractivity contribution in [3.63, 3.8) is 0 Å². The highest BCUT2D eigenvalue weighted by Gasteiger charge is 2.14. The molecular formula is C9H11NO2S. The van der Waals surface area contributed by atoms with Crippen molar-refractivity contribution in [2.75, 3.05) is 0 Å². The highest BCUT2D eigenvalue weighted by molar-refractivity contribution is 7.11. The maximum atomic E-state index is 11.4. The molecule has 0 atom stereocenters. The third-order valence-electron chi connectivity index (χ3n) is 1.58. The molecule has 1 aromatic heterocycles. The van der Waals surface area contributed by atoms with Crippen LogP contribution in [0.1, 0.15) is 33.7 Å². The molecule has 3 nitrogen and oxygen atoms in total. The second-order valence-electron chi connectivity index (χ2n) is 2.94. The lowest BCUT2D eigenvalue weighted by molar-refractivity contribution is -0.116. The summed E-state index contributed by atoms with van der Waals surface area (Å²) >= 11 is 1.48. The Hall–Kier alpha value is -1.03. The number of ketones is 2. The molecule has 1 aromatic rings. The summed E-state index contributed by atoms with van der Waals surface area (Å²) in [6.07, 6.45) is -0.0377. The fourth-order valence-corrected chi connectivity index (χ4v) is 1.93. The first-order valence-corrected chi connectivity index (χ1v) is 4.79. The summed E-state index contributed by atoms with van der Waals surface area (Å²) in [5, 5.41) is 0.865. The monoisotopic (exact) mass is 197 g/mol. The third kappa shape index (κ3) is 2.45. The number of hydrogen-bond donors (Lipinski definition) is 0. The Kier molecular flexibility index (Phi) is 2.93. The standard InChI is InChI=1S/C9H11NO2S/c1-5(11)4-8(12)9-6(2)13-7(3)10-9/h4H2,1-3H3. The summed E-state index contributed by atoms with van der Waals surface area (Å²) in [5.74, 6) is -0.288. The second-order valence-corrected chi connectivity index (χ2v) is 4.35. The quantitative estimate of drug-likeness (QED) is 0.549. The van der Waals surface area contributed by atoms with Crippen LogP contribution in [0.3, 0.4) is 0 Å². The molecule has 0 aliphatic heterocycles. The average Bonchev–Trinajstić information content (AvgIpc) is 2.28. The van der Waals surface area contributed by atoms with E-state index in [0.717, 1.165) is 9.88 Å². The van der Waals surface area contributed by atoms with Gasteiger partial charge in [-0.2, -0.15) is 0 Å². The predicted molar refractivity (Wildman–Crippen MR) is 51.2 cm³/mol. The SMILES string of the molecule is CC(=O)CC(=O)c1nc(C)sc1C. The van der Waals surface area contributed by atoms with Gasteiger partial charge in [0, 0.05) is 4.88 Å². The van der Waals surface area contributed by atoms with E-state index in [1.165, 1.54) is 18.3 Å². The molecule has 0 fully saturated rings. The number of aryl methyl sites for hydroxylation is 2. The lowest BCUT2D eigenvalue weighted by atomic mass is 10.1. The van der Waals surface area contributed by atoms with E-state index in [-0.39, 0.29) is 18.0 Å². The molecule has 0 N–H and O–H groups in total. The molecule has 0 aromatic carbocycles. The van der Waals surface area contributed by atoms with E-state index >= 15 is 0 Å². The minimum absolute atomic E-state index is 0.0377. The molecule has 0 radical (unpaired) electrons. The van der Waals surface area contributed by atoms with E-state index in [1.54, 1.807) is 0 Å². The van der Waals surface area contributed by atoms with Gasteiger partial charge in [-0.05, 0) is 20.8 Å². The fourth-order valence-electron chi connectivity index (χ4n) is 1.10. The van der Waals surface area contributed by atoms with Gasteiger partial charge in [-0.3, -0.25) is 9.59 Å². The van der Waals surface area contributed by atoms with Crippen molar-refractivity contribution in [2.24, 2.45) is 0 Å². The first-order valence-electron chi connectivity index (χ1n) is 3.97. The van der Waals surface area contributed by atoms with Gasteiger partial charge < -0.3 is 0 Å². The van der Waals surface area contributed by atoms with Crippen LogP contribution < -0.4 is 0 Å². The van der Waals surface area contributed by atoms with Gasteiger partial charge in [-0.1, -0.05) is 0 Å². The number of aromatic nitrogens is 1. The Labute approximate surface area is 80.8 Å². The molecule has 0 spiro atoms. The number of nitrogens with zero attached hydrogens (tertiary/aromatic N) is 1. The third-order valence-corrected chi connectivity index (χ3v) is 2.46. The number of thiazole rings is 1. The zero-order valence-electron chi connectivity index (χ0n) is 7.88. The highest BCUT2D eigenvalue weighted by Crippen LogP contribution is 2.17. The first kappa shape index (κ1) is 10.1. The molecule has 70 valence electrons. The number of carbonyl (C=O) groups is 2. The van der Waals surface area contributed by atoms with E-state index in [4.69, 9.17) is 0 Å². The molecule has 0 aliphatic rings. The number of Topliss-reactive ketones (excluding diaryl/α,β-unsaturated/α-hetero) is 2. The van der Waals surface area contributed by atoms with E-state index in [1.807, 2.05) is 13.8 Å². The zero-order valence-corrected chi connectivity index (χ0v) is 8.70. The highest BCUT2D eigenvalue weighted by atomic mass is 32.1. The lowest BCUT2D eigenvalue weighted by Crippen LogP contribution is -2.06. The minimum Gasteiger partial charge on any atom is -0.300 e. The van der Waals surface area contributed by atoms with Crippen molar-refractivity contribution in [2.45, 2.75) is 27.2 Å². The summed E-state index contributed by atoms with van der Waals surface area (Å²) in [7, 11) is 0. The van der Waals surface area contributed by atoms with Gasteiger partial charge in [-0.15, -0.1) is 11.3 Å². The molecule has 0 saturated heterocycles. The second kappa shape index (κ2) is 3.79. The first-order chi connectivity index (χ1) is 6.00. The predicted octanol–water partition coefficient (Wildman–Crippen LogP) is 1.92. The average molecular weight is 197 g/mol. The van der Waals surface area contributed by atoms with Crippen LogP contribution in [-0.2, 0) is 4.79 Å². The van der Waals surface area contributed by atoms with Crippen LogP contribution in [0.15, 0.2) is 0 Å². The molecule has 0 unspecified atom stereocenters. The molecular weight excluding hydrogens is 186 g/mol. The van der Waals surface area contributed by atoms with Crippen molar-refractivity contribution in [3.05, 3.63) is 15.6 Å². The van der Waals surface area contributed by atoms with E-state index < -0.39 is 0 Å². The van der Waals surface area contributed by atoms with Crippen LogP contribution in [-0.4, -0.2) is 16.6 Å². The van der Waals surface area contributed by atoms with Crippen LogP contribution in [0.5, 0.6) is 0 Å². The van der Waals surface area contributed by atoms with Crippen LogP contribution in [0, 0.1) is 13.8 Å². The summed E-state index contributed by atoms with van der Waals surface area (Å²) in [5.41, 5.74) is 0.456. The fraction of sp³-hybridized carbons (Fsp3) is 0.444. The van der Waals surface area contributed by atoms with E-state index in [0.29, 0.717) is 5.69 Å². The van der Waals surface area contributed by atoms with Gasteiger partial charge in [0.15, 0.2) is 5.78 Å². The normalized spacial score (nSPS) is 10.1. The maximum Gasteiger partial charge on any atom is 0.189 e. The van der Waals surface area contributed by atoms with Crippen LogP contribution >= 0.6 is 11.3 Å². The van der Waals surface area contributed by atoms with Crippen LogP contribution in [0.2, 0.25) is 0 Å². The number of carbonyl (C=O) groups excluding carboxylic acids is 2. The molecule has 1 rings (SSSR count). The summed E-state index contributed by atoms with van der Waals surface area (Å²) in [4.78, 5) is 27.1. The van der Waals surface area contributed by atoms with E-state index in [2.05, 4.69) is 4.98 Å². The van der Waals surface area contributed by atoms with Crippen molar-refractivity contribution in [3.8, 4) is 0 Å². The van der Waals surface area contributed by atoms with Gasteiger partial charge in [0.25, 0.3) is 0 Å². The molecule has 13 heavy (non-hydrogen) atoms. The van der Waals surface area contributed by atoms with Crippen molar-refractivity contribution in [1.82, 2.24) is 4.98 Å². The van der Waals surface area contributed by atoms with Gasteiger partial charge in [0.05, 0.1) is 11.4 Å². The van der Waals surface area contributed by atoms with E-state index in [9.17, 15) is 9.59 Å². The van der Waals surface area contributed by atoms with Gasteiger partial charge in [-0.25, -0.2) is 4.98 Å². The Morgan fingerprint density at radius 3 is 2.38 bits per heavy atom. The van der Waals surface area contributed by atoms with Crippen molar-refractivity contribution < 1.29 is 9.59 Å². The Balaban J connectivity index is 2.88. The number of hydrogen-bond acceptors (Lipinski definition) is 4. The van der Waals surface area contributed by atoms with Gasteiger partial charge in [0.1, 0.15) is 11.5 Å².